The van der Waals surface area contributed by atoms with Gasteiger partial charge in [-0.25, -0.2) is 4.39 Å². The van der Waals surface area contributed by atoms with Crippen LogP contribution in [0.5, 0.6) is 5.75 Å². The van der Waals surface area contributed by atoms with E-state index in [9.17, 15) is 22.8 Å². The van der Waals surface area contributed by atoms with Gasteiger partial charge in [-0.3, -0.25) is 9.59 Å². The predicted octanol–water partition coefficient (Wildman–Crippen LogP) is 4.47. The number of carbonyl (C=O) groups excluding carboxylic acids is 1. The summed E-state index contributed by atoms with van der Waals surface area (Å²) in [5, 5.41) is 5.94. The number of pyridine rings is 1. The summed E-state index contributed by atoms with van der Waals surface area (Å²) in [7, 11) is 1.92. The highest BCUT2D eigenvalue weighted by molar-refractivity contribution is 6.07. The highest BCUT2D eigenvalue weighted by Crippen LogP contribution is 2.40. The molecule has 2 aliphatic rings. The number of benzene rings is 2. The zero-order valence-electron chi connectivity index (χ0n) is 22.2. The second-order valence-electron chi connectivity index (χ2n) is 10.3. The Morgan fingerprint density at radius 3 is 2.50 bits per heavy atom. The number of amides is 1. The van der Waals surface area contributed by atoms with Gasteiger partial charge >= 0.3 is 6.18 Å². The number of nitrogens with one attached hydrogen (secondary N) is 3. The Bertz CT molecular complexity index is 1500. The Morgan fingerprint density at radius 1 is 1.07 bits per heavy atom. The van der Waals surface area contributed by atoms with Crippen LogP contribution in [0.25, 0.3) is 11.1 Å². The molecule has 40 heavy (non-hydrogen) atoms. The zero-order valence-corrected chi connectivity index (χ0v) is 22.2. The Kier molecular flexibility index (Phi) is 7.21. The van der Waals surface area contributed by atoms with Crippen LogP contribution < -0.4 is 30.7 Å². The molecule has 2 aliphatic heterocycles. The van der Waals surface area contributed by atoms with Gasteiger partial charge in [-0.2, -0.15) is 13.2 Å². The van der Waals surface area contributed by atoms with Gasteiger partial charge < -0.3 is 30.2 Å². The Hall–Kier alpha value is -4.06. The summed E-state index contributed by atoms with van der Waals surface area (Å²) in [6.45, 7) is 6.07. The van der Waals surface area contributed by atoms with Crippen molar-refractivity contribution in [2.75, 3.05) is 48.4 Å². The molecular formula is C28H29F4N5O3. The van der Waals surface area contributed by atoms with Gasteiger partial charge in [0, 0.05) is 50.0 Å². The number of aromatic nitrogens is 1. The van der Waals surface area contributed by atoms with E-state index in [2.05, 4.69) is 15.6 Å². The third-order valence-corrected chi connectivity index (χ3v) is 7.07. The fourth-order valence-electron chi connectivity index (χ4n) is 5.28. The number of nitrogens with zero attached hydrogens (tertiary/aromatic N) is 2. The number of fused-ring (bicyclic) bond motifs is 1. The van der Waals surface area contributed by atoms with Crippen LogP contribution in [0.3, 0.4) is 0 Å². The molecule has 3 heterocycles. The van der Waals surface area contributed by atoms with Crippen molar-refractivity contribution >= 4 is 23.0 Å². The largest absolute Gasteiger partial charge is 0.490 e. The molecule has 0 bridgehead atoms. The lowest BCUT2D eigenvalue weighted by atomic mass is 10.0. The average molecular weight is 560 g/mol. The molecule has 1 amide bonds. The molecule has 0 spiro atoms. The number of alkyl halides is 3. The van der Waals surface area contributed by atoms with Gasteiger partial charge in [-0.15, -0.1) is 0 Å². The lowest BCUT2D eigenvalue weighted by Gasteiger charge is -2.38. The number of carbonyl (C=O) groups is 1. The fourth-order valence-corrected chi connectivity index (χ4v) is 5.28. The summed E-state index contributed by atoms with van der Waals surface area (Å²) >= 11 is 0. The van der Waals surface area contributed by atoms with E-state index in [4.69, 9.17) is 4.74 Å². The number of H-pyrrole nitrogens is 1. The van der Waals surface area contributed by atoms with Crippen LogP contribution in [0.15, 0.2) is 47.4 Å². The maximum absolute atomic E-state index is 15.7. The molecule has 8 nitrogen and oxygen atoms in total. The Labute approximate surface area is 227 Å². The summed E-state index contributed by atoms with van der Waals surface area (Å²) in [6.07, 6.45) is -4.20. The molecule has 12 heteroatoms. The second kappa shape index (κ2) is 10.5. The number of rotatable bonds is 4. The molecule has 2 aromatic carbocycles. The smallest absolute Gasteiger partial charge is 0.417 e. The molecular weight excluding hydrogens is 530 g/mol. The quantitative estimate of drug-likeness (QED) is 0.409. The number of aromatic amines is 1. The van der Waals surface area contributed by atoms with Crippen LogP contribution in [-0.2, 0) is 6.18 Å². The summed E-state index contributed by atoms with van der Waals surface area (Å²) in [5.41, 5.74) is -1.16. The number of halogens is 4. The molecule has 2 atom stereocenters. The first-order chi connectivity index (χ1) is 18.9. The van der Waals surface area contributed by atoms with Gasteiger partial charge in [0.1, 0.15) is 18.2 Å². The van der Waals surface area contributed by atoms with E-state index in [0.717, 1.165) is 11.9 Å². The van der Waals surface area contributed by atoms with E-state index in [1.807, 2.05) is 36.8 Å². The number of ether oxygens (including phenoxy) is 1. The standard InChI is InChI=1S/C28H29F4N5O3/c1-15-13-37(14-16(2)34-15)24-11-21(29)18(17-4-5-23-25(8-17)40-7-6-36(23)3)9-22(24)35-27(39)19-12-33-26(38)10-20(19)28(30,31)32/h4-5,8-12,15-16,34H,6-7,13-14H2,1-3H3,(H,33,38)(H,35,39)/t15-,16+. The van der Waals surface area contributed by atoms with Crippen LogP contribution in [0.1, 0.15) is 29.8 Å². The van der Waals surface area contributed by atoms with Crippen molar-refractivity contribution in [3.05, 3.63) is 69.9 Å². The zero-order chi connectivity index (χ0) is 28.8. The van der Waals surface area contributed by atoms with E-state index < -0.39 is 34.6 Å². The number of anilines is 3. The summed E-state index contributed by atoms with van der Waals surface area (Å²) < 4.78 is 62.5. The first-order valence-electron chi connectivity index (χ1n) is 12.8. The predicted molar refractivity (Wildman–Crippen MR) is 145 cm³/mol. The second-order valence-corrected chi connectivity index (χ2v) is 10.3. The number of hydrogen-bond acceptors (Lipinski definition) is 6. The molecule has 1 aromatic heterocycles. The molecule has 1 saturated heterocycles. The Balaban J connectivity index is 1.60. The van der Waals surface area contributed by atoms with Crippen molar-refractivity contribution in [3.63, 3.8) is 0 Å². The lowest BCUT2D eigenvalue weighted by molar-refractivity contribution is -0.138. The average Bonchev–Trinajstić information content (AvgIpc) is 2.88. The van der Waals surface area contributed by atoms with Crippen LogP contribution in [0, 0.1) is 5.82 Å². The minimum atomic E-state index is -4.93. The van der Waals surface area contributed by atoms with E-state index >= 15 is 4.39 Å². The molecule has 0 aliphatic carbocycles. The minimum absolute atomic E-state index is 0.0425. The van der Waals surface area contributed by atoms with Crippen molar-refractivity contribution in [2.45, 2.75) is 32.1 Å². The summed E-state index contributed by atoms with van der Waals surface area (Å²) in [5.74, 6) is -1.07. The van der Waals surface area contributed by atoms with Gasteiger partial charge in [0.2, 0.25) is 5.56 Å². The van der Waals surface area contributed by atoms with Gasteiger partial charge in [0.05, 0.1) is 34.7 Å². The number of hydrogen-bond donors (Lipinski definition) is 3. The van der Waals surface area contributed by atoms with Gasteiger partial charge in [0.15, 0.2) is 0 Å². The van der Waals surface area contributed by atoms with Crippen molar-refractivity contribution in [2.24, 2.45) is 0 Å². The van der Waals surface area contributed by atoms with Crippen LogP contribution in [0.4, 0.5) is 34.6 Å². The molecule has 1 fully saturated rings. The molecule has 212 valence electrons. The maximum atomic E-state index is 15.7. The van der Waals surface area contributed by atoms with Crippen molar-refractivity contribution in [3.8, 4) is 16.9 Å². The molecule has 3 aromatic rings. The summed E-state index contributed by atoms with van der Waals surface area (Å²) in [4.78, 5) is 30.9. The maximum Gasteiger partial charge on any atom is 0.417 e. The highest BCUT2D eigenvalue weighted by Gasteiger charge is 2.36. The molecule has 0 saturated carbocycles. The molecule has 5 rings (SSSR count). The number of piperazine rings is 1. The molecule has 0 unspecified atom stereocenters. The molecule has 0 radical (unpaired) electrons. The fraction of sp³-hybridized carbons (Fsp3) is 0.357. The monoisotopic (exact) mass is 559 g/mol. The SMILES string of the molecule is C[C@@H]1CN(c2cc(F)c(-c3ccc4c(c3)OCCN4C)cc2NC(=O)c2c[nH]c(=O)cc2C(F)(F)F)C[C@H](C)N1. The number of likely N-dealkylation sites (N-methyl/N-ethyl adjacent to an activating group) is 1. The minimum Gasteiger partial charge on any atom is -0.490 e. The van der Waals surface area contributed by atoms with Gasteiger partial charge in [0.25, 0.3) is 5.91 Å². The van der Waals surface area contributed by atoms with Crippen LogP contribution in [0.2, 0.25) is 0 Å². The first kappa shape index (κ1) is 27.5. The topological polar surface area (TPSA) is 89.7 Å². The summed E-state index contributed by atoms with van der Waals surface area (Å²) in [6, 6.07) is 8.38. The van der Waals surface area contributed by atoms with Crippen LogP contribution in [-0.4, -0.2) is 56.3 Å². The van der Waals surface area contributed by atoms with E-state index in [1.165, 1.54) is 12.1 Å². The first-order valence-corrected chi connectivity index (χ1v) is 12.8. The molecule has 3 N–H and O–H groups in total. The van der Waals surface area contributed by atoms with Crippen molar-refractivity contribution < 1.29 is 27.1 Å². The third kappa shape index (κ3) is 5.48. The third-order valence-electron chi connectivity index (χ3n) is 7.07. The lowest BCUT2D eigenvalue weighted by Crippen LogP contribution is -2.54. The van der Waals surface area contributed by atoms with E-state index in [-0.39, 0.29) is 23.3 Å². The van der Waals surface area contributed by atoms with Gasteiger partial charge in [-0.05, 0) is 43.7 Å². The van der Waals surface area contributed by atoms with E-state index in [1.54, 1.807) is 12.1 Å². The van der Waals surface area contributed by atoms with Gasteiger partial charge in [-0.1, -0.05) is 6.07 Å². The Morgan fingerprint density at radius 2 is 1.80 bits per heavy atom. The van der Waals surface area contributed by atoms with Crippen molar-refractivity contribution in [1.29, 1.82) is 0 Å². The van der Waals surface area contributed by atoms with E-state index in [0.29, 0.717) is 49.3 Å². The normalized spacial score (nSPS) is 19.2. The van der Waals surface area contributed by atoms with Crippen molar-refractivity contribution in [1.82, 2.24) is 10.3 Å². The highest BCUT2D eigenvalue weighted by atomic mass is 19.4. The van der Waals surface area contributed by atoms with Crippen LogP contribution >= 0.6 is 0 Å².